The van der Waals surface area contributed by atoms with Crippen molar-refractivity contribution in [2.75, 3.05) is 0 Å². The summed E-state index contributed by atoms with van der Waals surface area (Å²) in [4.78, 5) is 9.40. The lowest BCUT2D eigenvalue weighted by Crippen LogP contribution is -1.96. The summed E-state index contributed by atoms with van der Waals surface area (Å²) < 4.78 is 6.42. The predicted molar refractivity (Wildman–Crippen MR) is 19.4 cm³/mol. The molecule has 0 fully saturated rings. The van der Waals surface area contributed by atoms with E-state index in [-0.39, 0.29) is 0 Å². The van der Waals surface area contributed by atoms with E-state index in [0.29, 0.717) is 11.7 Å². The second kappa shape index (κ2) is 3.21. The number of nitrogens with one attached hydrogen (secondary N) is 1. The van der Waals surface area contributed by atoms with Crippen LogP contribution in [-0.2, 0) is 4.79 Å². The first-order valence-electron chi connectivity index (χ1n) is 1.61. The summed E-state index contributed by atoms with van der Waals surface area (Å²) in [6, 6.07) is 0. The molecular weight excluding hydrogens is 66.0 g/mol. The van der Waals surface area contributed by atoms with Crippen LogP contribution < -0.4 is 5.31 Å². The minimum absolute atomic E-state index is 0.354. The molecule has 0 aromatic rings. The summed E-state index contributed by atoms with van der Waals surface area (Å²) in [7, 11) is 0. The van der Waals surface area contributed by atoms with Crippen LogP contribution in [0.25, 0.3) is 0 Å². The van der Waals surface area contributed by atoms with Crippen molar-refractivity contribution in [3.05, 3.63) is 12.8 Å². The topological polar surface area (TPSA) is 29.1 Å². The van der Waals surface area contributed by atoms with Crippen molar-refractivity contribution < 1.29 is 6.21 Å². The van der Waals surface area contributed by atoms with Crippen molar-refractivity contribution in [2.45, 2.75) is 0 Å². The van der Waals surface area contributed by atoms with Crippen molar-refractivity contribution >= 4 is 6.41 Å². The highest BCUT2D eigenvalue weighted by molar-refractivity contribution is 5.47. The quantitative estimate of drug-likeness (QED) is 0.452. The van der Waals surface area contributed by atoms with Gasteiger partial charge in [-0.3, -0.25) is 4.79 Å². The molecule has 28 valence electrons. The standard InChI is InChI=1S/C3H5NO/c1-2-4-3-5/h2-3H,1H2,(H,4,5)/i/hD. The summed E-state index contributed by atoms with van der Waals surface area (Å²) in [6.07, 6.45) is 1.46. The largest absolute Gasteiger partial charge is 0.336 e. The molecule has 0 aromatic carbocycles. The summed E-state index contributed by atoms with van der Waals surface area (Å²) in [5, 5.41) is 0.583. The van der Waals surface area contributed by atoms with Gasteiger partial charge in [-0.1, -0.05) is 6.58 Å². The Hall–Kier alpha value is -0.790. The maximum Gasteiger partial charge on any atom is 0.211 e. The number of hydrogen-bond donors (Lipinski definition) is 1. The third-order valence-corrected chi connectivity index (χ3v) is 0.166. The van der Waals surface area contributed by atoms with Crippen LogP contribution >= 0.6 is 0 Å². The Morgan fingerprint density at radius 3 is 2.80 bits per heavy atom. The summed E-state index contributed by atoms with van der Waals surface area (Å²) in [5.41, 5.74) is 0. The molecule has 0 aliphatic heterocycles. The fourth-order valence-corrected chi connectivity index (χ4v) is 0.0430. The van der Waals surface area contributed by atoms with Gasteiger partial charge in [-0.25, -0.2) is 0 Å². The van der Waals surface area contributed by atoms with Crippen LogP contribution in [0.15, 0.2) is 12.8 Å². The first-order chi connectivity index (χ1) is 2.81. The van der Waals surface area contributed by atoms with Crippen molar-refractivity contribution in [1.82, 2.24) is 5.31 Å². The van der Waals surface area contributed by atoms with Crippen molar-refractivity contribution in [2.24, 2.45) is 0 Å². The Kier molecular flexibility index (Phi) is 1.57. The highest BCUT2D eigenvalue weighted by atomic mass is 16.1. The summed E-state index contributed by atoms with van der Waals surface area (Å²) in [6.45, 7) is 3.14. The van der Waals surface area contributed by atoms with Crippen molar-refractivity contribution in [1.29, 1.82) is 0 Å². The highest BCUT2D eigenvalue weighted by Gasteiger charge is 1.50. The van der Waals surface area contributed by atoms with E-state index in [1.165, 1.54) is 0 Å². The first kappa shape index (κ1) is 2.45. The number of rotatable bonds is 2. The average Bonchev–Trinajstić information content (AvgIpc) is 1.65. The molecule has 2 nitrogen and oxygen atoms in total. The van der Waals surface area contributed by atoms with Crippen LogP contribution in [0.1, 0.15) is 0 Å². The van der Waals surface area contributed by atoms with Crippen molar-refractivity contribution in [3.8, 4) is 0 Å². The number of carbonyl (C=O) groups is 1. The summed E-state index contributed by atoms with van der Waals surface area (Å²) >= 11 is 0. The van der Waals surface area contributed by atoms with Gasteiger partial charge in [-0.15, -0.1) is 0 Å². The van der Waals surface area contributed by atoms with E-state index in [4.69, 9.17) is 1.41 Å². The lowest BCUT2D eigenvalue weighted by Gasteiger charge is -1.70. The monoisotopic (exact) mass is 72.0 g/mol. The normalized spacial score (nSPS) is 8.40. The average molecular weight is 72.1 g/mol. The van der Waals surface area contributed by atoms with E-state index in [1.807, 2.05) is 0 Å². The second-order valence-electron chi connectivity index (χ2n) is 0.437. The third kappa shape index (κ3) is 3.21. The first-order valence-corrected chi connectivity index (χ1v) is 1.16. The van der Waals surface area contributed by atoms with Gasteiger partial charge in [0.1, 0.15) is 0 Å². The van der Waals surface area contributed by atoms with Gasteiger partial charge >= 0.3 is 0 Å². The number of carbonyl (C=O) groups excluding carboxylic acids is 1. The lowest BCUT2D eigenvalue weighted by atomic mass is 11.0. The minimum atomic E-state index is 0.354. The molecule has 0 aliphatic rings. The maximum atomic E-state index is 9.40. The van der Waals surface area contributed by atoms with Crippen LogP contribution in [0.4, 0.5) is 0 Å². The molecule has 1 N–H and O–H groups in total. The molecule has 1 amide bonds. The van der Waals surface area contributed by atoms with Gasteiger partial charge in [0.25, 0.3) is 0 Å². The van der Waals surface area contributed by atoms with Crippen LogP contribution in [0.5, 0.6) is 0 Å². The van der Waals surface area contributed by atoms with E-state index in [2.05, 4.69) is 6.58 Å². The molecule has 5 heavy (non-hydrogen) atoms. The number of hydrogen-bond acceptors (Lipinski definition) is 1. The molecule has 0 spiro atoms. The van der Waals surface area contributed by atoms with Crippen LogP contribution in [-0.4, -0.2) is 6.41 Å². The van der Waals surface area contributed by atoms with E-state index < -0.39 is 0 Å². The molecule has 0 radical (unpaired) electrons. The van der Waals surface area contributed by atoms with E-state index >= 15 is 0 Å². The molecule has 0 unspecified atom stereocenters. The minimum Gasteiger partial charge on any atom is -0.336 e. The van der Waals surface area contributed by atoms with Gasteiger partial charge < -0.3 is 5.31 Å². The zero-order valence-corrected chi connectivity index (χ0v) is 2.72. The SMILES string of the molecule is [2H]N(C=C)C=O. The molecule has 0 saturated carbocycles. The third-order valence-electron chi connectivity index (χ3n) is 0.166. The van der Waals surface area contributed by atoms with Gasteiger partial charge in [-0.05, 0) is 6.20 Å². The Morgan fingerprint density at radius 1 is 2.20 bits per heavy atom. The van der Waals surface area contributed by atoms with Gasteiger partial charge in [0, 0.05) is 0 Å². The van der Waals surface area contributed by atoms with Crippen molar-refractivity contribution in [3.63, 3.8) is 0 Å². The van der Waals surface area contributed by atoms with Gasteiger partial charge in [0.05, 0.1) is 0 Å². The molecule has 0 saturated heterocycles. The van der Waals surface area contributed by atoms with E-state index in [0.717, 1.165) is 6.20 Å². The fourth-order valence-electron chi connectivity index (χ4n) is 0.0430. The van der Waals surface area contributed by atoms with Gasteiger partial charge in [0.2, 0.25) is 6.41 Å². The molecule has 2 heteroatoms. The Morgan fingerprint density at radius 2 is 2.80 bits per heavy atom. The molecule has 0 aliphatic carbocycles. The molecule has 0 bridgehead atoms. The smallest absolute Gasteiger partial charge is 0.211 e. The Labute approximate surface area is 32.0 Å². The Bertz CT molecular complexity index is 55.8. The van der Waals surface area contributed by atoms with Gasteiger partial charge in [0.15, 0.2) is 1.41 Å². The zero-order valence-electron chi connectivity index (χ0n) is 3.72. The molecular formula is C3H5NO. The molecule has 0 atom stereocenters. The molecule has 0 aromatic heterocycles. The van der Waals surface area contributed by atoms with Crippen LogP contribution in [0.2, 0.25) is 1.41 Å². The fraction of sp³-hybridized carbons (Fsp3) is 0. The van der Waals surface area contributed by atoms with Gasteiger partial charge in [-0.2, -0.15) is 0 Å². The summed E-state index contributed by atoms with van der Waals surface area (Å²) in [5.74, 6) is 0. The molecule has 0 rings (SSSR count). The molecule has 0 heterocycles. The van der Waals surface area contributed by atoms with Crippen LogP contribution in [0.3, 0.4) is 0 Å². The highest BCUT2D eigenvalue weighted by Crippen LogP contribution is 1.35. The Balaban J connectivity index is 3.21. The van der Waals surface area contributed by atoms with Crippen LogP contribution in [0, 0.1) is 0 Å². The van der Waals surface area contributed by atoms with E-state index in [9.17, 15) is 4.79 Å². The zero-order chi connectivity index (χ0) is 4.99. The maximum absolute atomic E-state index is 9.40. The second-order valence-corrected chi connectivity index (χ2v) is 0.437. The lowest BCUT2D eigenvalue weighted by molar-refractivity contribution is -0.108. The van der Waals surface area contributed by atoms with E-state index in [1.54, 1.807) is 0 Å². The number of amides is 1. The predicted octanol–water partition coefficient (Wildman–Crippen LogP) is -0.124.